The molecule has 0 fully saturated rings. The summed E-state index contributed by atoms with van der Waals surface area (Å²) < 4.78 is 10.6. The molecular formula is C15H25NO3. The van der Waals surface area contributed by atoms with E-state index in [0.717, 1.165) is 31.7 Å². The van der Waals surface area contributed by atoms with Crippen LogP contribution in [0.25, 0.3) is 0 Å². The van der Waals surface area contributed by atoms with E-state index in [1.54, 1.807) is 7.11 Å². The third-order valence-corrected chi connectivity index (χ3v) is 2.77. The Morgan fingerprint density at radius 2 is 2.00 bits per heavy atom. The van der Waals surface area contributed by atoms with Gasteiger partial charge in [-0.3, -0.25) is 0 Å². The molecule has 1 rings (SSSR count). The zero-order chi connectivity index (χ0) is 13.9. The molecule has 4 nitrogen and oxygen atoms in total. The predicted octanol–water partition coefficient (Wildman–Crippen LogP) is 1.61. The Labute approximate surface area is 115 Å². The maximum atomic E-state index is 9.70. The number of aliphatic hydroxyl groups excluding tert-OH is 1. The topological polar surface area (TPSA) is 50.7 Å². The maximum absolute atomic E-state index is 9.70. The van der Waals surface area contributed by atoms with E-state index in [4.69, 9.17) is 9.47 Å². The Balaban J connectivity index is 2.25. The summed E-state index contributed by atoms with van der Waals surface area (Å²) in [5.41, 5.74) is 1.22. The van der Waals surface area contributed by atoms with Gasteiger partial charge in [-0.25, -0.2) is 0 Å². The molecule has 2 N–H and O–H groups in total. The highest BCUT2D eigenvalue weighted by molar-refractivity contribution is 5.27. The van der Waals surface area contributed by atoms with E-state index in [1.165, 1.54) is 5.56 Å². The second-order valence-electron chi connectivity index (χ2n) is 4.56. The van der Waals surface area contributed by atoms with Crippen molar-refractivity contribution in [3.8, 4) is 5.75 Å². The average molecular weight is 267 g/mol. The average Bonchev–Trinajstić information content (AvgIpc) is 2.44. The van der Waals surface area contributed by atoms with Crippen molar-refractivity contribution >= 4 is 0 Å². The lowest BCUT2D eigenvalue weighted by Gasteiger charge is -2.13. The van der Waals surface area contributed by atoms with Gasteiger partial charge in [-0.15, -0.1) is 0 Å². The molecule has 0 saturated carbocycles. The number of benzene rings is 1. The molecule has 0 saturated heterocycles. The fourth-order valence-electron chi connectivity index (χ4n) is 1.67. The summed E-state index contributed by atoms with van der Waals surface area (Å²) in [6, 6.07) is 7.90. The molecular weight excluding hydrogens is 242 g/mol. The summed E-state index contributed by atoms with van der Waals surface area (Å²) in [4.78, 5) is 0. The van der Waals surface area contributed by atoms with Gasteiger partial charge < -0.3 is 19.9 Å². The highest BCUT2D eigenvalue weighted by Crippen LogP contribution is 2.12. The molecule has 19 heavy (non-hydrogen) atoms. The SMILES string of the molecule is CCCNCC(O)COc1ccc(CCOC)cc1. The number of methoxy groups -OCH3 is 1. The monoisotopic (exact) mass is 267 g/mol. The molecule has 1 aromatic rings. The largest absolute Gasteiger partial charge is 0.491 e. The van der Waals surface area contributed by atoms with Gasteiger partial charge in [-0.05, 0) is 37.1 Å². The standard InChI is InChI=1S/C15H25NO3/c1-3-9-16-11-14(17)12-19-15-6-4-13(5-7-15)8-10-18-2/h4-7,14,16-17H,3,8-12H2,1-2H3. The van der Waals surface area contributed by atoms with Gasteiger partial charge in [0.1, 0.15) is 18.5 Å². The van der Waals surface area contributed by atoms with E-state index < -0.39 is 6.10 Å². The third kappa shape index (κ3) is 7.15. The Kier molecular flexibility index (Phi) is 8.21. The minimum atomic E-state index is -0.472. The molecule has 0 aliphatic rings. The van der Waals surface area contributed by atoms with Crippen LogP contribution in [-0.2, 0) is 11.2 Å². The minimum absolute atomic E-state index is 0.314. The van der Waals surface area contributed by atoms with Crippen LogP contribution in [0.1, 0.15) is 18.9 Å². The number of aliphatic hydroxyl groups is 1. The van der Waals surface area contributed by atoms with Crippen LogP contribution in [-0.4, -0.2) is 44.6 Å². The Bertz CT molecular complexity index is 327. The van der Waals surface area contributed by atoms with E-state index in [9.17, 15) is 5.11 Å². The second-order valence-corrected chi connectivity index (χ2v) is 4.56. The van der Waals surface area contributed by atoms with Crippen LogP contribution in [0, 0.1) is 0 Å². The number of hydrogen-bond acceptors (Lipinski definition) is 4. The molecule has 0 spiro atoms. The van der Waals surface area contributed by atoms with Gasteiger partial charge in [0.2, 0.25) is 0 Å². The summed E-state index contributed by atoms with van der Waals surface area (Å²) in [5.74, 6) is 0.788. The minimum Gasteiger partial charge on any atom is -0.491 e. The van der Waals surface area contributed by atoms with Gasteiger partial charge in [0, 0.05) is 13.7 Å². The van der Waals surface area contributed by atoms with Crippen molar-refractivity contribution in [1.29, 1.82) is 0 Å². The Hall–Kier alpha value is -1.10. The van der Waals surface area contributed by atoms with Crippen LogP contribution in [0.5, 0.6) is 5.75 Å². The van der Waals surface area contributed by atoms with Crippen LogP contribution in [0.15, 0.2) is 24.3 Å². The van der Waals surface area contributed by atoms with Gasteiger partial charge in [0.05, 0.1) is 6.61 Å². The van der Waals surface area contributed by atoms with Gasteiger partial charge in [0.15, 0.2) is 0 Å². The van der Waals surface area contributed by atoms with E-state index in [0.29, 0.717) is 13.2 Å². The summed E-state index contributed by atoms with van der Waals surface area (Å²) in [7, 11) is 1.70. The normalized spacial score (nSPS) is 12.4. The molecule has 4 heteroatoms. The first-order chi connectivity index (χ1) is 9.26. The molecule has 0 bridgehead atoms. The second kappa shape index (κ2) is 9.78. The zero-order valence-corrected chi connectivity index (χ0v) is 11.9. The van der Waals surface area contributed by atoms with Gasteiger partial charge in [-0.1, -0.05) is 19.1 Å². The maximum Gasteiger partial charge on any atom is 0.119 e. The van der Waals surface area contributed by atoms with Crippen molar-refractivity contribution < 1.29 is 14.6 Å². The molecule has 1 atom stereocenters. The first-order valence-corrected chi connectivity index (χ1v) is 6.85. The highest BCUT2D eigenvalue weighted by Gasteiger charge is 2.04. The van der Waals surface area contributed by atoms with E-state index >= 15 is 0 Å². The summed E-state index contributed by atoms with van der Waals surface area (Å²) >= 11 is 0. The van der Waals surface area contributed by atoms with Crippen molar-refractivity contribution in [3.05, 3.63) is 29.8 Å². The molecule has 1 aromatic carbocycles. The van der Waals surface area contributed by atoms with E-state index in [-0.39, 0.29) is 0 Å². The van der Waals surface area contributed by atoms with Crippen LogP contribution in [0.2, 0.25) is 0 Å². The fourth-order valence-corrected chi connectivity index (χ4v) is 1.67. The number of rotatable bonds is 10. The molecule has 0 radical (unpaired) electrons. The van der Waals surface area contributed by atoms with Crippen LogP contribution in [0.3, 0.4) is 0 Å². The Morgan fingerprint density at radius 3 is 2.63 bits per heavy atom. The van der Waals surface area contributed by atoms with Crippen LogP contribution >= 0.6 is 0 Å². The first-order valence-electron chi connectivity index (χ1n) is 6.85. The number of ether oxygens (including phenoxy) is 2. The molecule has 0 aromatic heterocycles. The summed E-state index contributed by atoms with van der Waals surface area (Å²) in [5, 5.41) is 12.9. The first kappa shape index (κ1) is 16.0. The van der Waals surface area contributed by atoms with Crippen molar-refractivity contribution in [1.82, 2.24) is 5.32 Å². The van der Waals surface area contributed by atoms with Crippen LogP contribution in [0.4, 0.5) is 0 Å². The van der Waals surface area contributed by atoms with E-state index in [1.807, 2.05) is 24.3 Å². The third-order valence-electron chi connectivity index (χ3n) is 2.77. The number of hydrogen-bond donors (Lipinski definition) is 2. The van der Waals surface area contributed by atoms with Gasteiger partial charge in [0.25, 0.3) is 0 Å². The highest BCUT2D eigenvalue weighted by atomic mass is 16.5. The van der Waals surface area contributed by atoms with Crippen molar-refractivity contribution in [2.45, 2.75) is 25.9 Å². The fraction of sp³-hybridized carbons (Fsp3) is 0.600. The molecule has 0 aliphatic heterocycles. The van der Waals surface area contributed by atoms with Crippen molar-refractivity contribution in [2.24, 2.45) is 0 Å². The molecule has 108 valence electrons. The molecule has 1 unspecified atom stereocenters. The van der Waals surface area contributed by atoms with Crippen molar-refractivity contribution in [2.75, 3.05) is 33.4 Å². The smallest absolute Gasteiger partial charge is 0.119 e. The lowest BCUT2D eigenvalue weighted by Crippen LogP contribution is -2.31. The summed E-state index contributed by atoms with van der Waals surface area (Å²) in [6.07, 6.45) is 1.50. The summed E-state index contributed by atoms with van der Waals surface area (Å²) in [6.45, 7) is 4.63. The quantitative estimate of drug-likeness (QED) is 0.632. The predicted molar refractivity (Wildman–Crippen MR) is 76.7 cm³/mol. The molecule has 0 heterocycles. The lowest BCUT2D eigenvalue weighted by molar-refractivity contribution is 0.106. The molecule has 0 aliphatic carbocycles. The van der Waals surface area contributed by atoms with Gasteiger partial charge in [-0.2, -0.15) is 0 Å². The lowest BCUT2D eigenvalue weighted by atomic mass is 10.1. The zero-order valence-electron chi connectivity index (χ0n) is 11.9. The van der Waals surface area contributed by atoms with Crippen LogP contribution < -0.4 is 10.1 Å². The van der Waals surface area contributed by atoms with Gasteiger partial charge >= 0.3 is 0 Å². The van der Waals surface area contributed by atoms with Crippen molar-refractivity contribution in [3.63, 3.8) is 0 Å². The number of nitrogens with one attached hydrogen (secondary N) is 1. The molecule has 0 amide bonds. The van der Waals surface area contributed by atoms with E-state index in [2.05, 4.69) is 12.2 Å². The Morgan fingerprint density at radius 1 is 1.26 bits per heavy atom.